The van der Waals surface area contributed by atoms with Crippen molar-refractivity contribution in [2.45, 2.75) is 51.9 Å². The van der Waals surface area contributed by atoms with Crippen LogP contribution in [0.4, 0.5) is 0 Å². The second-order valence-corrected chi connectivity index (χ2v) is 4.23. The molecule has 0 N–H and O–H groups in total. The lowest BCUT2D eigenvalue weighted by Crippen LogP contribution is -2.05. The molecule has 1 aromatic heterocycles. The lowest BCUT2D eigenvalue weighted by atomic mass is 10.1. The topological polar surface area (TPSA) is 39.4 Å². The van der Waals surface area contributed by atoms with Crippen molar-refractivity contribution >= 4 is 5.97 Å². The molecule has 1 heterocycles. The number of carbonyl (C=O) groups excluding carboxylic acids is 1. The lowest BCUT2D eigenvalue weighted by Gasteiger charge is -2.03. The molecule has 0 aliphatic rings. The van der Waals surface area contributed by atoms with Gasteiger partial charge in [0.1, 0.15) is 0 Å². The SMILES string of the molecule is CCCCCCCCCOC(=O)c1ccco1. The van der Waals surface area contributed by atoms with Crippen LogP contribution in [0.3, 0.4) is 0 Å². The van der Waals surface area contributed by atoms with E-state index in [4.69, 9.17) is 9.15 Å². The molecule has 0 fully saturated rings. The van der Waals surface area contributed by atoms with Crippen LogP contribution in [0.15, 0.2) is 22.8 Å². The quantitative estimate of drug-likeness (QED) is 0.478. The van der Waals surface area contributed by atoms with Gasteiger partial charge in [-0.1, -0.05) is 45.4 Å². The zero-order chi connectivity index (χ0) is 12.3. The Labute approximate surface area is 103 Å². The highest BCUT2D eigenvalue weighted by Gasteiger charge is 2.08. The number of unbranched alkanes of at least 4 members (excludes halogenated alkanes) is 6. The van der Waals surface area contributed by atoms with Crippen molar-refractivity contribution in [3.63, 3.8) is 0 Å². The highest BCUT2D eigenvalue weighted by Crippen LogP contribution is 2.08. The summed E-state index contributed by atoms with van der Waals surface area (Å²) >= 11 is 0. The van der Waals surface area contributed by atoms with E-state index in [1.165, 1.54) is 38.4 Å². The molecule has 0 saturated carbocycles. The fraction of sp³-hybridized carbons (Fsp3) is 0.643. The van der Waals surface area contributed by atoms with Crippen LogP contribution >= 0.6 is 0 Å². The van der Waals surface area contributed by atoms with Crippen molar-refractivity contribution in [3.05, 3.63) is 24.2 Å². The minimum Gasteiger partial charge on any atom is -0.460 e. The monoisotopic (exact) mass is 238 g/mol. The summed E-state index contributed by atoms with van der Waals surface area (Å²) in [6.45, 7) is 2.71. The first kappa shape index (κ1) is 13.8. The van der Waals surface area contributed by atoms with Gasteiger partial charge in [0, 0.05) is 0 Å². The summed E-state index contributed by atoms with van der Waals surface area (Å²) in [5.41, 5.74) is 0. The second kappa shape index (κ2) is 8.85. The molecule has 0 bridgehead atoms. The van der Waals surface area contributed by atoms with Gasteiger partial charge < -0.3 is 9.15 Å². The van der Waals surface area contributed by atoms with Gasteiger partial charge in [-0.2, -0.15) is 0 Å². The van der Waals surface area contributed by atoms with Crippen LogP contribution in [0.1, 0.15) is 62.4 Å². The normalized spacial score (nSPS) is 10.4. The molecule has 0 aliphatic carbocycles. The van der Waals surface area contributed by atoms with Gasteiger partial charge >= 0.3 is 5.97 Å². The Morgan fingerprint density at radius 3 is 2.53 bits per heavy atom. The maximum absolute atomic E-state index is 11.4. The lowest BCUT2D eigenvalue weighted by molar-refractivity contribution is 0.0461. The maximum atomic E-state index is 11.4. The van der Waals surface area contributed by atoms with E-state index in [1.54, 1.807) is 12.1 Å². The molecule has 3 heteroatoms. The third-order valence-electron chi connectivity index (χ3n) is 2.70. The van der Waals surface area contributed by atoms with Gasteiger partial charge in [-0.15, -0.1) is 0 Å². The molecule has 1 rings (SSSR count). The molecule has 0 radical (unpaired) electrons. The van der Waals surface area contributed by atoms with E-state index in [-0.39, 0.29) is 11.7 Å². The predicted octanol–water partition coefficient (Wildman–Crippen LogP) is 4.19. The van der Waals surface area contributed by atoms with Crippen LogP contribution < -0.4 is 0 Å². The molecule has 0 spiro atoms. The van der Waals surface area contributed by atoms with Crippen LogP contribution in [-0.4, -0.2) is 12.6 Å². The highest BCUT2D eigenvalue weighted by molar-refractivity contribution is 5.86. The Bertz CT molecular complexity index is 290. The molecule has 0 atom stereocenters. The van der Waals surface area contributed by atoms with E-state index in [2.05, 4.69) is 6.92 Å². The van der Waals surface area contributed by atoms with Crippen LogP contribution in [0.25, 0.3) is 0 Å². The van der Waals surface area contributed by atoms with Crippen molar-refractivity contribution in [2.75, 3.05) is 6.61 Å². The summed E-state index contributed by atoms with van der Waals surface area (Å²) in [6, 6.07) is 3.30. The molecule has 3 nitrogen and oxygen atoms in total. The summed E-state index contributed by atoms with van der Waals surface area (Å²) in [5, 5.41) is 0. The smallest absolute Gasteiger partial charge is 0.374 e. The number of rotatable bonds is 9. The Morgan fingerprint density at radius 2 is 1.88 bits per heavy atom. The third kappa shape index (κ3) is 6.15. The highest BCUT2D eigenvalue weighted by atomic mass is 16.5. The summed E-state index contributed by atoms with van der Waals surface area (Å²) in [5.74, 6) is -0.0751. The van der Waals surface area contributed by atoms with Crippen LogP contribution in [0.2, 0.25) is 0 Å². The summed E-state index contributed by atoms with van der Waals surface area (Å²) < 4.78 is 10.0. The Balaban J connectivity index is 1.92. The third-order valence-corrected chi connectivity index (χ3v) is 2.70. The van der Waals surface area contributed by atoms with E-state index in [1.807, 2.05) is 0 Å². The van der Waals surface area contributed by atoms with Gasteiger partial charge in [0.2, 0.25) is 5.76 Å². The summed E-state index contributed by atoms with van der Waals surface area (Å²) in [6.07, 6.45) is 10.0. The van der Waals surface area contributed by atoms with Crippen molar-refractivity contribution in [3.8, 4) is 0 Å². The van der Waals surface area contributed by atoms with E-state index in [9.17, 15) is 4.79 Å². The molecule has 0 amide bonds. The van der Waals surface area contributed by atoms with Gasteiger partial charge in [0.25, 0.3) is 0 Å². The maximum Gasteiger partial charge on any atom is 0.374 e. The van der Waals surface area contributed by atoms with E-state index in [0.29, 0.717) is 6.61 Å². The van der Waals surface area contributed by atoms with E-state index >= 15 is 0 Å². The molecule has 0 aromatic carbocycles. The number of hydrogen-bond donors (Lipinski definition) is 0. The van der Waals surface area contributed by atoms with Crippen molar-refractivity contribution in [2.24, 2.45) is 0 Å². The predicted molar refractivity (Wildman–Crippen MR) is 67.0 cm³/mol. The van der Waals surface area contributed by atoms with Gasteiger partial charge in [-0.05, 0) is 18.6 Å². The second-order valence-electron chi connectivity index (χ2n) is 4.23. The molecule has 96 valence electrons. The van der Waals surface area contributed by atoms with Gasteiger partial charge in [0.05, 0.1) is 12.9 Å². The first-order valence-corrected chi connectivity index (χ1v) is 6.55. The standard InChI is InChI=1S/C14H22O3/c1-2-3-4-5-6-7-8-11-17-14(15)13-10-9-12-16-13/h9-10,12H,2-8,11H2,1H3. The largest absolute Gasteiger partial charge is 0.460 e. The fourth-order valence-electron chi connectivity index (χ4n) is 1.69. The van der Waals surface area contributed by atoms with Gasteiger partial charge in [0.15, 0.2) is 0 Å². The fourth-order valence-corrected chi connectivity index (χ4v) is 1.69. The molecule has 17 heavy (non-hydrogen) atoms. The Hall–Kier alpha value is -1.25. The van der Waals surface area contributed by atoms with Crippen LogP contribution in [0, 0.1) is 0 Å². The van der Waals surface area contributed by atoms with Crippen LogP contribution in [-0.2, 0) is 4.74 Å². The first-order valence-electron chi connectivity index (χ1n) is 6.55. The Kier molecular flexibility index (Phi) is 7.19. The zero-order valence-corrected chi connectivity index (χ0v) is 10.6. The van der Waals surface area contributed by atoms with Crippen LogP contribution in [0.5, 0.6) is 0 Å². The molecular weight excluding hydrogens is 216 g/mol. The van der Waals surface area contributed by atoms with Gasteiger partial charge in [-0.25, -0.2) is 4.79 Å². The first-order chi connectivity index (χ1) is 8.34. The molecule has 0 saturated heterocycles. The number of carbonyl (C=O) groups is 1. The molecule has 0 aliphatic heterocycles. The number of furan rings is 1. The minimum atomic E-state index is -0.360. The van der Waals surface area contributed by atoms with Crippen molar-refractivity contribution in [1.82, 2.24) is 0 Å². The van der Waals surface area contributed by atoms with Crippen molar-refractivity contribution < 1.29 is 13.9 Å². The summed E-state index contributed by atoms with van der Waals surface area (Å²) in [4.78, 5) is 11.4. The van der Waals surface area contributed by atoms with E-state index in [0.717, 1.165) is 12.8 Å². The molecular formula is C14H22O3. The average molecular weight is 238 g/mol. The zero-order valence-electron chi connectivity index (χ0n) is 10.6. The average Bonchev–Trinajstić information content (AvgIpc) is 2.86. The molecule has 1 aromatic rings. The van der Waals surface area contributed by atoms with E-state index < -0.39 is 0 Å². The molecule has 0 unspecified atom stereocenters. The van der Waals surface area contributed by atoms with Gasteiger partial charge in [-0.3, -0.25) is 0 Å². The summed E-state index contributed by atoms with van der Waals surface area (Å²) in [7, 11) is 0. The number of esters is 1. The number of hydrogen-bond acceptors (Lipinski definition) is 3. The Morgan fingerprint density at radius 1 is 1.18 bits per heavy atom. The minimum absolute atomic E-state index is 0.285. The number of ether oxygens (including phenoxy) is 1. The van der Waals surface area contributed by atoms with Crippen molar-refractivity contribution in [1.29, 1.82) is 0 Å².